The van der Waals surface area contributed by atoms with Gasteiger partial charge in [0, 0.05) is 26.0 Å². The molecule has 2 N–H and O–H groups in total. The van der Waals surface area contributed by atoms with E-state index in [1.165, 1.54) is 26.5 Å². The molecule has 0 saturated heterocycles. The van der Waals surface area contributed by atoms with Crippen LogP contribution in [0.25, 0.3) is 0 Å². The summed E-state index contributed by atoms with van der Waals surface area (Å²) in [6.07, 6.45) is 2.57. The fraction of sp³-hybridized carbons (Fsp3) is 0.444. The first-order valence-electron chi connectivity index (χ1n) is 4.10. The quantitative estimate of drug-likeness (QED) is 0.724. The summed E-state index contributed by atoms with van der Waals surface area (Å²) in [5.74, 6) is -1.57. The first-order valence-corrected chi connectivity index (χ1v) is 4.10. The van der Waals surface area contributed by atoms with Crippen molar-refractivity contribution < 1.29 is 13.9 Å². The Morgan fingerprint density at radius 3 is 2.50 bits per heavy atom. The second kappa shape index (κ2) is 4.45. The van der Waals surface area contributed by atoms with Gasteiger partial charge < -0.3 is 15.2 Å². The number of ether oxygens (including phenoxy) is 2. The first-order chi connectivity index (χ1) is 6.68. The fourth-order valence-electron chi connectivity index (χ4n) is 1.22. The molecule has 0 aliphatic heterocycles. The third-order valence-corrected chi connectivity index (χ3v) is 2.07. The Labute approximate surface area is 81.8 Å². The second-order valence-corrected chi connectivity index (χ2v) is 2.76. The molecule has 0 atom stereocenters. The van der Waals surface area contributed by atoms with Crippen molar-refractivity contribution in [3.63, 3.8) is 0 Å². The van der Waals surface area contributed by atoms with Gasteiger partial charge in [0.1, 0.15) is 5.82 Å². The van der Waals surface area contributed by atoms with Crippen molar-refractivity contribution in [2.24, 2.45) is 5.73 Å². The van der Waals surface area contributed by atoms with E-state index in [9.17, 15) is 4.39 Å². The van der Waals surface area contributed by atoms with Crippen LogP contribution in [0.5, 0.6) is 0 Å². The lowest BCUT2D eigenvalue weighted by molar-refractivity contribution is -0.208. The van der Waals surface area contributed by atoms with Crippen molar-refractivity contribution in [1.82, 2.24) is 4.98 Å². The normalized spacial score (nSPS) is 11.7. The van der Waals surface area contributed by atoms with Gasteiger partial charge in [0.25, 0.3) is 0 Å². The maximum Gasteiger partial charge on any atom is 0.208 e. The van der Waals surface area contributed by atoms with Crippen molar-refractivity contribution in [1.29, 1.82) is 0 Å². The summed E-state index contributed by atoms with van der Waals surface area (Å²) in [5, 5.41) is 0. The summed E-state index contributed by atoms with van der Waals surface area (Å²) in [4.78, 5) is 3.70. The molecule has 0 unspecified atom stereocenters. The average molecular weight is 200 g/mol. The Bertz CT molecular complexity index is 294. The summed E-state index contributed by atoms with van der Waals surface area (Å²) in [7, 11) is 2.89. The van der Waals surface area contributed by atoms with Crippen molar-refractivity contribution in [3.05, 3.63) is 29.8 Å². The SMILES string of the molecule is COC(CN)(OC)c1cncc(F)c1. The van der Waals surface area contributed by atoms with Crippen molar-refractivity contribution in [2.75, 3.05) is 20.8 Å². The minimum atomic E-state index is -1.12. The molecule has 1 rings (SSSR count). The highest BCUT2D eigenvalue weighted by Gasteiger charge is 2.31. The maximum absolute atomic E-state index is 12.9. The molecule has 0 aliphatic carbocycles. The van der Waals surface area contributed by atoms with E-state index in [-0.39, 0.29) is 6.54 Å². The molecule has 0 saturated carbocycles. The zero-order valence-electron chi connectivity index (χ0n) is 8.16. The van der Waals surface area contributed by atoms with Crippen LogP contribution in [0.2, 0.25) is 0 Å². The Morgan fingerprint density at radius 1 is 1.43 bits per heavy atom. The molecular weight excluding hydrogens is 187 g/mol. The lowest BCUT2D eigenvalue weighted by atomic mass is 10.1. The van der Waals surface area contributed by atoms with Crippen LogP contribution in [0, 0.1) is 5.82 Å². The van der Waals surface area contributed by atoms with Gasteiger partial charge in [-0.2, -0.15) is 0 Å². The summed E-state index contributed by atoms with van der Waals surface area (Å²) in [5.41, 5.74) is 5.97. The highest BCUT2D eigenvalue weighted by atomic mass is 19.1. The van der Waals surface area contributed by atoms with Gasteiger partial charge in [-0.3, -0.25) is 4.98 Å². The number of methoxy groups -OCH3 is 2. The number of aromatic nitrogens is 1. The minimum absolute atomic E-state index is 0.0884. The standard InChI is InChI=1S/C9H13FN2O2/c1-13-9(6-11,14-2)7-3-8(10)5-12-4-7/h3-5H,6,11H2,1-2H3. The van der Waals surface area contributed by atoms with Gasteiger partial charge in [-0.1, -0.05) is 0 Å². The molecular formula is C9H13FN2O2. The number of pyridine rings is 1. The van der Waals surface area contributed by atoms with E-state index >= 15 is 0 Å². The van der Waals surface area contributed by atoms with Gasteiger partial charge in [-0.25, -0.2) is 4.39 Å². The number of halogens is 1. The lowest BCUT2D eigenvalue weighted by Gasteiger charge is -2.29. The molecule has 0 amide bonds. The molecule has 1 aromatic rings. The number of rotatable bonds is 4. The maximum atomic E-state index is 12.9. The monoisotopic (exact) mass is 200 g/mol. The zero-order valence-corrected chi connectivity index (χ0v) is 8.16. The van der Waals surface area contributed by atoms with Crippen LogP contribution in [0.1, 0.15) is 5.56 Å². The largest absolute Gasteiger partial charge is 0.348 e. The van der Waals surface area contributed by atoms with Gasteiger partial charge in [-0.05, 0) is 6.07 Å². The minimum Gasteiger partial charge on any atom is -0.348 e. The smallest absolute Gasteiger partial charge is 0.208 e. The third-order valence-electron chi connectivity index (χ3n) is 2.07. The topological polar surface area (TPSA) is 57.4 Å². The van der Waals surface area contributed by atoms with Crippen LogP contribution in [-0.2, 0) is 15.3 Å². The summed E-state index contributed by atoms with van der Waals surface area (Å²) < 4.78 is 23.1. The highest BCUT2D eigenvalue weighted by Crippen LogP contribution is 2.24. The predicted molar refractivity (Wildman–Crippen MR) is 48.9 cm³/mol. The highest BCUT2D eigenvalue weighted by molar-refractivity contribution is 5.17. The zero-order chi connectivity index (χ0) is 10.6. The molecule has 0 bridgehead atoms. The van der Waals surface area contributed by atoms with E-state index in [2.05, 4.69) is 4.98 Å². The number of hydrogen-bond acceptors (Lipinski definition) is 4. The number of hydrogen-bond donors (Lipinski definition) is 1. The van der Waals surface area contributed by atoms with Crippen LogP contribution < -0.4 is 5.73 Å². The van der Waals surface area contributed by atoms with Crippen LogP contribution in [-0.4, -0.2) is 25.7 Å². The molecule has 1 aromatic heterocycles. The molecule has 0 aromatic carbocycles. The molecule has 78 valence electrons. The second-order valence-electron chi connectivity index (χ2n) is 2.76. The van der Waals surface area contributed by atoms with E-state index in [1.807, 2.05) is 0 Å². The molecule has 14 heavy (non-hydrogen) atoms. The van der Waals surface area contributed by atoms with E-state index in [0.29, 0.717) is 5.56 Å². The molecule has 4 nitrogen and oxygen atoms in total. The molecule has 1 heterocycles. The van der Waals surface area contributed by atoms with E-state index in [0.717, 1.165) is 6.20 Å². The Balaban J connectivity index is 3.10. The van der Waals surface area contributed by atoms with E-state index in [1.54, 1.807) is 0 Å². The van der Waals surface area contributed by atoms with Gasteiger partial charge >= 0.3 is 0 Å². The van der Waals surface area contributed by atoms with Gasteiger partial charge in [0.05, 0.1) is 12.7 Å². The summed E-state index contributed by atoms with van der Waals surface area (Å²) >= 11 is 0. The van der Waals surface area contributed by atoms with Crippen molar-refractivity contribution in [3.8, 4) is 0 Å². The molecule has 0 radical (unpaired) electrons. The molecule has 0 fully saturated rings. The van der Waals surface area contributed by atoms with Gasteiger partial charge in [0.2, 0.25) is 5.79 Å². The number of nitrogens with zero attached hydrogens (tertiary/aromatic N) is 1. The van der Waals surface area contributed by atoms with Crippen LogP contribution in [0.4, 0.5) is 4.39 Å². The van der Waals surface area contributed by atoms with Crippen LogP contribution >= 0.6 is 0 Å². The first kappa shape index (κ1) is 11.0. The Hall–Kier alpha value is -1.04. The van der Waals surface area contributed by atoms with E-state index in [4.69, 9.17) is 15.2 Å². The fourth-order valence-corrected chi connectivity index (χ4v) is 1.22. The average Bonchev–Trinajstić information content (AvgIpc) is 2.22. The Kier molecular flexibility index (Phi) is 3.51. The molecule has 0 aliphatic rings. The van der Waals surface area contributed by atoms with E-state index < -0.39 is 11.6 Å². The lowest BCUT2D eigenvalue weighted by Crippen LogP contribution is -2.39. The van der Waals surface area contributed by atoms with Crippen molar-refractivity contribution >= 4 is 0 Å². The van der Waals surface area contributed by atoms with Gasteiger partial charge in [0.15, 0.2) is 0 Å². The van der Waals surface area contributed by atoms with Gasteiger partial charge in [-0.15, -0.1) is 0 Å². The van der Waals surface area contributed by atoms with Crippen LogP contribution in [0.3, 0.4) is 0 Å². The number of nitrogens with two attached hydrogens (primary N) is 1. The predicted octanol–water partition coefficient (Wildman–Crippen LogP) is 0.625. The Morgan fingerprint density at radius 2 is 2.07 bits per heavy atom. The molecule has 0 spiro atoms. The summed E-state index contributed by atoms with van der Waals surface area (Å²) in [6.45, 7) is 0.0884. The third kappa shape index (κ3) is 1.89. The summed E-state index contributed by atoms with van der Waals surface area (Å²) in [6, 6.07) is 1.28. The van der Waals surface area contributed by atoms with Crippen LogP contribution in [0.15, 0.2) is 18.5 Å². The molecule has 5 heteroatoms. The van der Waals surface area contributed by atoms with Crippen molar-refractivity contribution in [2.45, 2.75) is 5.79 Å².